The Kier molecular flexibility index (Phi) is 4.25. The van der Waals surface area contributed by atoms with Crippen LogP contribution in [-0.2, 0) is 4.79 Å². The van der Waals surface area contributed by atoms with Crippen LogP contribution in [0.15, 0.2) is 24.3 Å². The van der Waals surface area contributed by atoms with Crippen LogP contribution >= 0.6 is 0 Å². The van der Waals surface area contributed by atoms with E-state index in [-0.39, 0.29) is 12.0 Å². The minimum atomic E-state index is -0.677. The highest BCUT2D eigenvalue weighted by Gasteiger charge is 2.40. The van der Waals surface area contributed by atoms with E-state index in [1.54, 1.807) is 0 Å². The number of para-hydroxylation sites is 2. The summed E-state index contributed by atoms with van der Waals surface area (Å²) in [4.78, 5) is 14.5. The fourth-order valence-electron chi connectivity index (χ4n) is 3.29. The van der Waals surface area contributed by atoms with Crippen LogP contribution < -0.4 is 15.2 Å². The molecule has 1 aromatic carbocycles. The van der Waals surface area contributed by atoms with Crippen LogP contribution in [0.4, 0.5) is 0 Å². The van der Waals surface area contributed by atoms with Crippen molar-refractivity contribution in [3.8, 4) is 11.5 Å². The summed E-state index contributed by atoms with van der Waals surface area (Å²) < 4.78 is 11.7. The number of ether oxygens (including phenoxy) is 2. The second kappa shape index (κ2) is 6.16. The summed E-state index contributed by atoms with van der Waals surface area (Å²) in [7, 11) is 0. The van der Waals surface area contributed by atoms with Gasteiger partial charge < -0.3 is 20.1 Å². The summed E-state index contributed by atoms with van der Waals surface area (Å²) in [5, 5.41) is 0. The zero-order valence-electron chi connectivity index (χ0n) is 13.1. The molecule has 5 nitrogen and oxygen atoms in total. The zero-order chi connectivity index (χ0) is 15.6. The molecule has 1 heterocycles. The minimum absolute atomic E-state index is 0.0509. The van der Waals surface area contributed by atoms with E-state index < -0.39 is 5.54 Å². The quantitative estimate of drug-likeness (QED) is 0.923. The molecule has 1 saturated carbocycles. The van der Waals surface area contributed by atoms with Crippen LogP contribution in [0.1, 0.15) is 32.6 Å². The summed E-state index contributed by atoms with van der Waals surface area (Å²) in [5.74, 6) is 1.56. The molecule has 0 saturated heterocycles. The second-order valence-corrected chi connectivity index (χ2v) is 6.20. The van der Waals surface area contributed by atoms with Gasteiger partial charge in [0.1, 0.15) is 6.61 Å². The van der Waals surface area contributed by atoms with Crippen molar-refractivity contribution in [2.45, 2.75) is 44.2 Å². The number of amides is 1. The lowest BCUT2D eigenvalue weighted by molar-refractivity contribution is -0.138. The summed E-state index contributed by atoms with van der Waals surface area (Å²) in [5.41, 5.74) is 5.62. The van der Waals surface area contributed by atoms with Gasteiger partial charge in [0, 0.05) is 6.54 Å². The molecule has 2 aliphatic rings. The number of fused-ring (bicyclic) bond motifs is 1. The Morgan fingerprint density at radius 1 is 1.32 bits per heavy atom. The van der Waals surface area contributed by atoms with Gasteiger partial charge in [0.15, 0.2) is 17.6 Å². The number of carbonyl (C=O) groups excluding carboxylic acids is 1. The SMILES string of the molecule is CCN(CC1COc2ccccc2O1)C(=O)C1(N)CCCC1. The second-order valence-electron chi connectivity index (χ2n) is 6.20. The molecule has 0 aromatic heterocycles. The minimum Gasteiger partial charge on any atom is -0.486 e. The van der Waals surface area contributed by atoms with E-state index >= 15 is 0 Å². The van der Waals surface area contributed by atoms with Gasteiger partial charge in [-0.15, -0.1) is 0 Å². The fraction of sp³-hybridized carbons (Fsp3) is 0.588. The van der Waals surface area contributed by atoms with Crippen molar-refractivity contribution in [2.24, 2.45) is 5.73 Å². The molecule has 1 atom stereocenters. The topological polar surface area (TPSA) is 64.8 Å². The smallest absolute Gasteiger partial charge is 0.242 e. The normalized spacial score (nSPS) is 22.4. The first-order valence-corrected chi connectivity index (χ1v) is 8.09. The van der Waals surface area contributed by atoms with E-state index in [4.69, 9.17) is 15.2 Å². The third-order valence-corrected chi connectivity index (χ3v) is 4.58. The van der Waals surface area contributed by atoms with Gasteiger partial charge in [-0.2, -0.15) is 0 Å². The van der Waals surface area contributed by atoms with Gasteiger partial charge in [0.25, 0.3) is 0 Å². The first-order chi connectivity index (χ1) is 10.6. The Balaban J connectivity index is 1.65. The van der Waals surface area contributed by atoms with Crippen molar-refractivity contribution in [2.75, 3.05) is 19.7 Å². The van der Waals surface area contributed by atoms with Crippen LogP contribution in [0.2, 0.25) is 0 Å². The third kappa shape index (κ3) is 2.90. The van der Waals surface area contributed by atoms with Crippen molar-refractivity contribution < 1.29 is 14.3 Å². The lowest BCUT2D eigenvalue weighted by Gasteiger charge is -2.34. The van der Waals surface area contributed by atoms with E-state index in [1.807, 2.05) is 36.1 Å². The predicted molar refractivity (Wildman–Crippen MR) is 84.0 cm³/mol. The molecule has 0 radical (unpaired) electrons. The highest BCUT2D eigenvalue weighted by molar-refractivity contribution is 5.86. The Morgan fingerprint density at radius 2 is 2.00 bits per heavy atom. The zero-order valence-corrected chi connectivity index (χ0v) is 13.1. The van der Waals surface area contributed by atoms with Gasteiger partial charge in [-0.05, 0) is 31.9 Å². The van der Waals surface area contributed by atoms with E-state index in [0.717, 1.165) is 37.2 Å². The highest BCUT2D eigenvalue weighted by atomic mass is 16.6. The van der Waals surface area contributed by atoms with E-state index in [2.05, 4.69) is 0 Å². The van der Waals surface area contributed by atoms with Crippen molar-refractivity contribution in [3.63, 3.8) is 0 Å². The number of hydrogen-bond donors (Lipinski definition) is 1. The fourth-order valence-corrected chi connectivity index (χ4v) is 3.29. The first-order valence-electron chi connectivity index (χ1n) is 8.09. The molecule has 1 unspecified atom stereocenters. The highest BCUT2D eigenvalue weighted by Crippen LogP contribution is 2.32. The maximum atomic E-state index is 12.7. The van der Waals surface area contributed by atoms with Crippen molar-refractivity contribution in [1.29, 1.82) is 0 Å². The molecular weight excluding hydrogens is 280 g/mol. The number of likely N-dealkylation sites (N-methyl/N-ethyl adjacent to an activating group) is 1. The molecule has 3 rings (SSSR count). The van der Waals surface area contributed by atoms with E-state index in [0.29, 0.717) is 19.7 Å². The van der Waals surface area contributed by atoms with Crippen molar-refractivity contribution in [3.05, 3.63) is 24.3 Å². The van der Waals surface area contributed by atoms with Crippen LogP contribution in [0.5, 0.6) is 11.5 Å². The average molecular weight is 304 g/mol. The summed E-state index contributed by atoms with van der Waals surface area (Å²) >= 11 is 0. The molecule has 2 N–H and O–H groups in total. The largest absolute Gasteiger partial charge is 0.486 e. The number of hydrogen-bond acceptors (Lipinski definition) is 4. The first kappa shape index (κ1) is 15.2. The van der Waals surface area contributed by atoms with Gasteiger partial charge in [0.05, 0.1) is 12.1 Å². The summed E-state index contributed by atoms with van der Waals surface area (Å²) in [6.07, 6.45) is 3.50. The Hall–Kier alpha value is -1.75. The molecule has 5 heteroatoms. The van der Waals surface area contributed by atoms with Crippen LogP contribution in [0.25, 0.3) is 0 Å². The van der Waals surface area contributed by atoms with Gasteiger partial charge in [-0.1, -0.05) is 25.0 Å². The van der Waals surface area contributed by atoms with Gasteiger partial charge in [-0.25, -0.2) is 0 Å². The van der Waals surface area contributed by atoms with E-state index in [1.165, 1.54) is 0 Å². The summed E-state index contributed by atoms with van der Waals surface area (Å²) in [6.45, 7) is 3.59. The summed E-state index contributed by atoms with van der Waals surface area (Å²) in [6, 6.07) is 7.62. The van der Waals surface area contributed by atoms with Gasteiger partial charge in [-0.3, -0.25) is 4.79 Å². The molecule has 120 valence electrons. The van der Waals surface area contributed by atoms with E-state index in [9.17, 15) is 4.79 Å². The Bertz CT molecular complexity index is 540. The van der Waals surface area contributed by atoms with Crippen LogP contribution in [0, 0.1) is 0 Å². The predicted octanol–water partition coefficient (Wildman–Crippen LogP) is 1.95. The molecule has 0 spiro atoms. The van der Waals surface area contributed by atoms with Crippen molar-refractivity contribution in [1.82, 2.24) is 4.90 Å². The number of rotatable bonds is 4. The molecule has 22 heavy (non-hydrogen) atoms. The number of nitrogens with zero attached hydrogens (tertiary/aromatic N) is 1. The van der Waals surface area contributed by atoms with Crippen LogP contribution in [-0.4, -0.2) is 42.1 Å². The Labute approximate surface area is 131 Å². The lowest BCUT2D eigenvalue weighted by Crippen LogP contribution is -2.56. The third-order valence-electron chi connectivity index (χ3n) is 4.58. The van der Waals surface area contributed by atoms with Gasteiger partial charge >= 0.3 is 0 Å². The number of benzene rings is 1. The Morgan fingerprint density at radius 3 is 2.68 bits per heavy atom. The molecule has 0 bridgehead atoms. The molecular formula is C17H24N2O3. The average Bonchev–Trinajstić information content (AvgIpc) is 3.00. The van der Waals surface area contributed by atoms with Gasteiger partial charge in [0.2, 0.25) is 5.91 Å². The number of nitrogens with two attached hydrogens (primary N) is 1. The molecule has 1 amide bonds. The molecule has 1 aliphatic heterocycles. The standard InChI is InChI=1S/C17H24N2O3/c1-2-19(16(20)17(18)9-5-6-10-17)11-13-12-21-14-7-3-4-8-15(14)22-13/h3-4,7-8,13H,2,5-6,9-12,18H2,1H3. The maximum absolute atomic E-state index is 12.7. The maximum Gasteiger partial charge on any atom is 0.242 e. The molecule has 1 fully saturated rings. The number of carbonyl (C=O) groups is 1. The lowest BCUT2D eigenvalue weighted by atomic mass is 9.97. The van der Waals surface area contributed by atoms with Crippen molar-refractivity contribution >= 4 is 5.91 Å². The molecule has 1 aromatic rings. The van der Waals surface area contributed by atoms with Crippen LogP contribution in [0.3, 0.4) is 0 Å². The molecule has 1 aliphatic carbocycles. The monoisotopic (exact) mass is 304 g/mol.